The summed E-state index contributed by atoms with van der Waals surface area (Å²) in [7, 11) is 1.62. The van der Waals surface area contributed by atoms with Crippen molar-refractivity contribution in [3.05, 3.63) is 83.0 Å². The quantitative estimate of drug-likeness (QED) is 0.465. The third-order valence-corrected chi connectivity index (χ3v) is 5.21. The summed E-state index contributed by atoms with van der Waals surface area (Å²) in [6.07, 6.45) is 3.28. The number of benzene rings is 2. The maximum atomic E-state index is 12.8. The van der Waals surface area contributed by atoms with Crippen LogP contribution in [0, 0.1) is 6.92 Å². The molecule has 0 saturated carbocycles. The fraction of sp³-hybridized carbons (Fsp3) is 0.130. The van der Waals surface area contributed by atoms with Gasteiger partial charge in [-0.2, -0.15) is 5.10 Å². The van der Waals surface area contributed by atoms with Crippen LogP contribution in [0.2, 0.25) is 0 Å². The van der Waals surface area contributed by atoms with E-state index < -0.39 is 5.69 Å². The normalized spacial score (nSPS) is 11.2. The maximum Gasteiger partial charge on any atom is 0.350 e. The van der Waals surface area contributed by atoms with Gasteiger partial charge in [0.05, 0.1) is 12.8 Å². The minimum Gasteiger partial charge on any atom is -0.497 e. The highest BCUT2D eigenvalue weighted by Gasteiger charge is 2.15. The van der Waals surface area contributed by atoms with Gasteiger partial charge in [-0.05, 0) is 49.4 Å². The summed E-state index contributed by atoms with van der Waals surface area (Å²) in [5.41, 5.74) is 4.10. The molecule has 3 heterocycles. The van der Waals surface area contributed by atoms with Crippen LogP contribution in [0.15, 0.2) is 71.8 Å². The fourth-order valence-corrected chi connectivity index (χ4v) is 3.51. The van der Waals surface area contributed by atoms with E-state index in [1.165, 1.54) is 4.40 Å². The Labute approximate surface area is 182 Å². The number of hydrogen-bond acceptors (Lipinski definition) is 5. The van der Waals surface area contributed by atoms with Crippen LogP contribution >= 0.6 is 0 Å². The highest BCUT2D eigenvalue weighted by atomic mass is 16.5. The van der Waals surface area contributed by atoms with Crippen molar-refractivity contribution < 1.29 is 9.53 Å². The zero-order valence-electron chi connectivity index (χ0n) is 17.5. The van der Waals surface area contributed by atoms with Gasteiger partial charge in [-0.15, -0.1) is 5.10 Å². The Morgan fingerprint density at radius 1 is 1.03 bits per heavy atom. The van der Waals surface area contributed by atoms with Crippen molar-refractivity contribution >= 4 is 22.8 Å². The van der Waals surface area contributed by atoms with Crippen LogP contribution in [-0.2, 0) is 11.3 Å². The highest BCUT2D eigenvalue weighted by Crippen LogP contribution is 2.23. The van der Waals surface area contributed by atoms with E-state index in [9.17, 15) is 9.59 Å². The third-order valence-electron chi connectivity index (χ3n) is 5.21. The molecule has 3 aromatic heterocycles. The number of ether oxygens (including phenoxy) is 1. The van der Waals surface area contributed by atoms with Crippen LogP contribution in [0.25, 0.3) is 22.4 Å². The number of anilines is 1. The predicted octanol–water partition coefficient (Wildman–Crippen LogP) is 2.77. The van der Waals surface area contributed by atoms with E-state index in [4.69, 9.17) is 4.74 Å². The maximum absolute atomic E-state index is 12.8. The summed E-state index contributed by atoms with van der Waals surface area (Å²) in [4.78, 5) is 25.2. The average molecular weight is 428 g/mol. The zero-order chi connectivity index (χ0) is 22.2. The van der Waals surface area contributed by atoms with Crippen LogP contribution in [-0.4, -0.2) is 36.8 Å². The molecule has 0 saturated heterocycles. The molecule has 9 nitrogen and oxygen atoms in total. The van der Waals surface area contributed by atoms with E-state index in [1.807, 2.05) is 61.5 Å². The van der Waals surface area contributed by atoms with Gasteiger partial charge in [0.15, 0.2) is 5.65 Å². The molecular formula is C23H20N6O3. The summed E-state index contributed by atoms with van der Waals surface area (Å²) < 4.78 is 9.43. The lowest BCUT2D eigenvalue weighted by atomic mass is 10.1. The number of rotatable bonds is 5. The Balaban J connectivity index is 1.47. The minimum atomic E-state index is -0.395. The topological polar surface area (TPSA) is 94.9 Å². The summed E-state index contributed by atoms with van der Waals surface area (Å²) in [6, 6.07) is 16.9. The van der Waals surface area contributed by atoms with Gasteiger partial charge in [0.1, 0.15) is 17.8 Å². The van der Waals surface area contributed by atoms with Crippen molar-refractivity contribution in [1.82, 2.24) is 23.8 Å². The lowest BCUT2D eigenvalue weighted by Crippen LogP contribution is -2.28. The van der Waals surface area contributed by atoms with Crippen LogP contribution in [0.1, 0.15) is 5.56 Å². The lowest BCUT2D eigenvalue weighted by Gasteiger charge is -2.04. The molecule has 0 atom stereocenters. The van der Waals surface area contributed by atoms with Crippen molar-refractivity contribution in [1.29, 1.82) is 0 Å². The third kappa shape index (κ3) is 3.49. The van der Waals surface area contributed by atoms with Crippen LogP contribution in [0.4, 0.5) is 5.69 Å². The number of fused-ring (bicyclic) bond motifs is 3. The molecule has 1 N–H and O–H groups in total. The number of carbonyl (C=O) groups is 1. The number of amides is 1. The molecule has 0 bridgehead atoms. The van der Waals surface area contributed by atoms with Crippen molar-refractivity contribution in [3.8, 4) is 17.0 Å². The molecule has 0 spiro atoms. The molecule has 0 aliphatic carbocycles. The van der Waals surface area contributed by atoms with Gasteiger partial charge < -0.3 is 10.1 Å². The number of aryl methyl sites for hydroxylation is 1. The second-order valence-electron chi connectivity index (χ2n) is 7.43. The molecule has 0 radical (unpaired) electrons. The van der Waals surface area contributed by atoms with E-state index in [2.05, 4.69) is 15.5 Å². The van der Waals surface area contributed by atoms with E-state index in [1.54, 1.807) is 24.0 Å². The molecule has 5 aromatic rings. The summed E-state index contributed by atoms with van der Waals surface area (Å²) >= 11 is 0. The Hall–Kier alpha value is -4.40. The molecule has 9 heteroatoms. The largest absolute Gasteiger partial charge is 0.497 e. The molecule has 0 fully saturated rings. The zero-order valence-corrected chi connectivity index (χ0v) is 17.5. The van der Waals surface area contributed by atoms with Gasteiger partial charge in [0.25, 0.3) is 0 Å². The Morgan fingerprint density at radius 2 is 1.78 bits per heavy atom. The standard InChI is InChI=1S/C23H20N6O3/c1-15-3-7-17(8-4-15)24-21(30)14-29-23(31)27-11-12-28-20(22(27)26-29)13-19(25-28)16-5-9-18(32-2)10-6-16/h3-13H,14H2,1-2H3,(H,24,30). The first-order valence-corrected chi connectivity index (χ1v) is 10.0. The minimum absolute atomic E-state index is 0.194. The smallest absolute Gasteiger partial charge is 0.350 e. The second-order valence-corrected chi connectivity index (χ2v) is 7.43. The fourth-order valence-electron chi connectivity index (χ4n) is 3.51. The number of aromatic nitrogens is 5. The molecule has 2 aromatic carbocycles. The van der Waals surface area contributed by atoms with Gasteiger partial charge in [-0.3, -0.25) is 4.79 Å². The summed E-state index contributed by atoms with van der Waals surface area (Å²) in [6.45, 7) is 1.78. The molecule has 32 heavy (non-hydrogen) atoms. The van der Waals surface area contributed by atoms with Gasteiger partial charge in [-0.1, -0.05) is 17.7 Å². The molecule has 160 valence electrons. The average Bonchev–Trinajstić information content (AvgIpc) is 3.37. The first-order chi connectivity index (χ1) is 15.5. The molecule has 5 rings (SSSR count). The van der Waals surface area contributed by atoms with Crippen molar-refractivity contribution in [2.24, 2.45) is 0 Å². The summed E-state index contributed by atoms with van der Waals surface area (Å²) in [5, 5.41) is 11.8. The van der Waals surface area contributed by atoms with E-state index in [0.29, 0.717) is 16.9 Å². The number of nitrogens with one attached hydrogen (secondary N) is 1. The van der Waals surface area contributed by atoms with E-state index in [-0.39, 0.29) is 12.5 Å². The number of methoxy groups -OCH3 is 1. The van der Waals surface area contributed by atoms with Gasteiger partial charge in [-0.25, -0.2) is 18.4 Å². The van der Waals surface area contributed by atoms with Crippen LogP contribution in [0.3, 0.4) is 0 Å². The highest BCUT2D eigenvalue weighted by molar-refractivity contribution is 5.90. The van der Waals surface area contributed by atoms with Gasteiger partial charge in [0, 0.05) is 23.6 Å². The summed E-state index contributed by atoms with van der Waals surface area (Å²) in [5.74, 6) is 0.428. The Morgan fingerprint density at radius 3 is 2.50 bits per heavy atom. The molecule has 0 aliphatic rings. The van der Waals surface area contributed by atoms with Crippen molar-refractivity contribution in [2.45, 2.75) is 13.5 Å². The number of hydrogen-bond donors (Lipinski definition) is 1. The molecule has 0 aliphatic heterocycles. The molecular weight excluding hydrogens is 408 g/mol. The van der Waals surface area contributed by atoms with E-state index in [0.717, 1.165) is 27.3 Å². The number of nitrogens with zero attached hydrogens (tertiary/aromatic N) is 5. The predicted molar refractivity (Wildman–Crippen MR) is 120 cm³/mol. The number of carbonyl (C=O) groups excluding carboxylic acids is 1. The monoisotopic (exact) mass is 428 g/mol. The van der Waals surface area contributed by atoms with Crippen molar-refractivity contribution in [2.75, 3.05) is 12.4 Å². The van der Waals surface area contributed by atoms with Crippen LogP contribution < -0.4 is 15.7 Å². The first-order valence-electron chi connectivity index (χ1n) is 10.0. The van der Waals surface area contributed by atoms with E-state index >= 15 is 0 Å². The SMILES string of the molecule is COc1ccc(-c2cc3c4nn(CC(=O)Nc5ccc(C)cc5)c(=O)n4ccn3n2)cc1. The Bertz CT molecular complexity index is 1490. The van der Waals surface area contributed by atoms with Gasteiger partial charge >= 0.3 is 5.69 Å². The molecule has 0 unspecified atom stereocenters. The van der Waals surface area contributed by atoms with Crippen LogP contribution in [0.5, 0.6) is 5.75 Å². The Kier molecular flexibility index (Phi) is 4.70. The van der Waals surface area contributed by atoms with Gasteiger partial charge in [0.2, 0.25) is 5.91 Å². The van der Waals surface area contributed by atoms with Crippen molar-refractivity contribution in [3.63, 3.8) is 0 Å². The molecule has 1 amide bonds. The first kappa shape index (κ1) is 19.6. The second kappa shape index (κ2) is 7.69. The lowest BCUT2D eigenvalue weighted by molar-refractivity contribution is -0.117.